The van der Waals surface area contributed by atoms with Crippen LogP contribution in [0.15, 0.2) is 36.9 Å². The lowest BCUT2D eigenvalue weighted by molar-refractivity contribution is -0.192. The van der Waals surface area contributed by atoms with Crippen molar-refractivity contribution in [2.45, 2.75) is 25.1 Å². The standard InChI is InChI=1S/C17H17Cl2N5.C2HF3O2/c18-13-4-3-12-14(23-7-5-21-10-23)8-15(22-17(12)16(13)19)24-6-1-2-11(24)9-20;3-2(4,5)1(6)7/h3-5,7-8,10-11H,1-2,6,9,20H2;(H,6,7)/t11-;/m0./s1. The van der Waals surface area contributed by atoms with Gasteiger partial charge in [0.1, 0.15) is 5.82 Å². The second-order valence-corrected chi connectivity index (χ2v) is 7.54. The minimum atomic E-state index is -5.08. The van der Waals surface area contributed by atoms with Gasteiger partial charge in [-0.05, 0) is 25.0 Å². The molecule has 0 bridgehead atoms. The molecular formula is C19H18Cl2F3N5O2. The summed E-state index contributed by atoms with van der Waals surface area (Å²) >= 11 is 12.7. The molecule has 0 aliphatic carbocycles. The van der Waals surface area contributed by atoms with E-state index in [4.69, 9.17) is 43.8 Å². The summed E-state index contributed by atoms with van der Waals surface area (Å²) in [5.41, 5.74) is 7.61. The third kappa shape index (κ3) is 5.03. The molecule has 1 saturated heterocycles. The summed E-state index contributed by atoms with van der Waals surface area (Å²) in [5, 5.41) is 9.04. The Balaban J connectivity index is 0.000000339. The molecule has 2 aromatic heterocycles. The molecule has 12 heteroatoms. The van der Waals surface area contributed by atoms with Crippen LogP contribution in [0.25, 0.3) is 16.6 Å². The highest BCUT2D eigenvalue weighted by Gasteiger charge is 2.38. The van der Waals surface area contributed by atoms with E-state index in [1.807, 2.05) is 16.8 Å². The van der Waals surface area contributed by atoms with Crippen molar-refractivity contribution in [2.24, 2.45) is 5.73 Å². The van der Waals surface area contributed by atoms with E-state index in [0.29, 0.717) is 28.1 Å². The van der Waals surface area contributed by atoms with Crippen LogP contribution < -0.4 is 10.6 Å². The Hall–Kier alpha value is -2.56. The number of imidazole rings is 1. The van der Waals surface area contributed by atoms with E-state index >= 15 is 0 Å². The molecule has 1 aliphatic heterocycles. The summed E-state index contributed by atoms with van der Waals surface area (Å²) in [5.74, 6) is -1.88. The molecule has 3 heterocycles. The third-order valence-corrected chi connectivity index (χ3v) is 5.60. The monoisotopic (exact) mass is 475 g/mol. The van der Waals surface area contributed by atoms with Crippen molar-refractivity contribution < 1.29 is 23.1 Å². The number of aromatic nitrogens is 3. The number of benzene rings is 1. The Morgan fingerprint density at radius 3 is 2.61 bits per heavy atom. The molecule has 3 aromatic rings. The highest BCUT2D eigenvalue weighted by Crippen LogP contribution is 2.36. The van der Waals surface area contributed by atoms with Gasteiger partial charge in [0.25, 0.3) is 0 Å². The maximum atomic E-state index is 10.6. The minimum absolute atomic E-state index is 0.309. The Morgan fingerprint density at radius 1 is 1.32 bits per heavy atom. The SMILES string of the molecule is NC[C@@H]1CCCN1c1cc(-n2ccnc2)c2ccc(Cl)c(Cl)c2n1.O=C(O)C(F)(F)F. The predicted molar refractivity (Wildman–Crippen MR) is 112 cm³/mol. The van der Waals surface area contributed by atoms with Crippen LogP contribution in [0, 0.1) is 0 Å². The van der Waals surface area contributed by atoms with Crippen LogP contribution in [0.4, 0.5) is 19.0 Å². The van der Waals surface area contributed by atoms with Gasteiger partial charge in [-0.2, -0.15) is 13.2 Å². The highest BCUT2D eigenvalue weighted by molar-refractivity contribution is 6.45. The largest absolute Gasteiger partial charge is 0.490 e. The number of hydrogen-bond donors (Lipinski definition) is 2. The summed E-state index contributed by atoms with van der Waals surface area (Å²) in [4.78, 5) is 20.1. The van der Waals surface area contributed by atoms with Crippen molar-refractivity contribution in [3.05, 3.63) is 47.0 Å². The highest BCUT2D eigenvalue weighted by atomic mass is 35.5. The van der Waals surface area contributed by atoms with Gasteiger partial charge in [-0.1, -0.05) is 23.2 Å². The van der Waals surface area contributed by atoms with Gasteiger partial charge in [0, 0.05) is 43.0 Å². The first-order valence-electron chi connectivity index (χ1n) is 9.17. The van der Waals surface area contributed by atoms with Crippen LogP contribution in [-0.2, 0) is 4.79 Å². The molecule has 1 aliphatic rings. The third-order valence-electron chi connectivity index (χ3n) is 4.81. The van der Waals surface area contributed by atoms with Crippen molar-refractivity contribution in [2.75, 3.05) is 18.0 Å². The van der Waals surface area contributed by atoms with Crippen LogP contribution in [0.2, 0.25) is 10.0 Å². The van der Waals surface area contributed by atoms with E-state index < -0.39 is 12.1 Å². The number of nitrogens with zero attached hydrogens (tertiary/aromatic N) is 4. The van der Waals surface area contributed by atoms with Crippen molar-refractivity contribution in [1.29, 1.82) is 0 Å². The number of alkyl halides is 3. The van der Waals surface area contributed by atoms with E-state index in [2.05, 4.69) is 16.0 Å². The van der Waals surface area contributed by atoms with Crippen LogP contribution in [-0.4, -0.2) is 50.9 Å². The maximum Gasteiger partial charge on any atom is 0.490 e. The molecule has 0 saturated carbocycles. The van der Waals surface area contributed by atoms with Gasteiger partial charge in [0.05, 0.1) is 27.6 Å². The molecule has 1 aromatic carbocycles. The first-order valence-corrected chi connectivity index (χ1v) is 9.93. The zero-order valence-corrected chi connectivity index (χ0v) is 17.5. The quantitative estimate of drug-likeness (QED) is 0.586. The molecule has 166 valence electrons. The molecule has 31 heavy (non-hydrogen) atoms. The van der Waals surface area contributed by atoms with Gasteiger partial charge in [-0.15, -0.1) is 0 Å². The molecule has 0 amide bonds. The van der Waals surface area contributed by atoms with Gasteiger partial charge in [-0.3, -0.25) is 0 Å². The number of fused-ring (bicyclic) bond motifs is 1. The van der Waals surface area contributed by atoms with Crippen LogP contribution in [0.3, 0.4) is 0 Å². The Morgan fingerprint density at radius 2 is 2.03 bits per heavy atom. The van der Waals surface area contributed by atoms with Crippen molar-refractivity contribution in [1.82, 2.24) is 14.5 Å². The van der Waals surface area contributed by atoms with Crippen molar-refractivity contribution in [3.8, 4) is 5.69 Å². The zero-order valence-electron chi connectivity index (χ0n) is 16.0. The summed E-state index contributed by atoms with van der Waals surface area (Å²) in [6.45, 7) is 1.56. The van der Waals surface area contributed by atoms with Crippen LogP contribution in [0.1, 0.15) is 12.8 Å². The van der Waals surface area contributed by atoms with Gasteiger partial charge in [-0.25, -0.2) is 14.8 Å². The predicted octanol–water partition coefficient (Wildman–Crippen LogP) is 4.29. The fourth-order valence-electron chi connectivity index (χ4n) is 3.35. The number of pyridine rings is 1. The van der Waals surface area contributed by atoms with Gasteiger partial charge < -0.3 is 20.3 Å². The van der Waals surface area contributed by atoms with E-state index in [0.717, 1.165) is 36.3 Å². The number of carbonyl (C=O) groups is 1. The smallest absolute Gasteiger partial charge is 0.475 e. The molecule has 0 unspecified atom stereocenters. The summed E-state index contributed by atoms with van der Waals surface area (Å²) in [7, 11) is 0. The molecular weight excluding hydrogens is 458 g/mol. The van der Waals surface area contributed by atoms with Crippen molar-refractivity contribution >= 4 is 45.9 Å². The van der Waals surface area contributed by atoms with E-state index in [1.54, 1.807) is 18.6 Å². The van der Waals surface area contributed by atoms with E-state index in [-0.39, 0.29) is 0 Å². The molecule has 0 radical (unpaired) electrons. The fraction of sp³-hybridized carbons (Fsp3) is 0.316. The summed E-state index contributed by atoms with van der Waals surface area (Å²) in [6, 6.07) is 6.12. The number of halogens is 5. The number of hydrogen-bond acceptors (Lipinski definition) is 5. The lowest BCUT2D eigenvalue weighted by Crippen LogP contribution is -2.36. The molecule has 0 spiro atoms. The van der Waals surface area contributed by atoms with E-state index in [9.17, 15) is 13.2 Å². The second kappa shape index (κ2) is 9.29. The fourth-order valence-corrected chi connectivity index (χ4v) is 3.71. The maximum absolute atomic E-state index is 10.6. The first-order chi connectivity index (χ1) is 14.6. The summed E-state index contributed by atoms with van der Waals surface area (Å²) in [6.07, 6.45) is 2.55. The molecule has 1 atom stereocenters. The molecule has 7 nitrogen and oxygen atoms in total. The number of aliphatic carboxylic acids is 1. The van der Waals surface area contributed by atoms with E-state index in [1.165, 1.54) is 0 Å². The normalized spacial score (nSPS) is 16.3. The number of rotatable bonds is 3. The molecule has 3 N–H and O–H groups in total. The first kappa shape index (κ1) is 23.1. The van der Waals surface area contributed by atoms with Gasteiger partial charge in [0.2, 0.25) is 0 Å². The lowest BCUT2D eigenvalue weighted by Gasteiger charge is -2.26. The van der Waals surface area contributed by atoms with Crippen LogP contribution in [0.5, 0.6) is 0 Å². The summed E-state index contributed by atoms with van der Waals surface area (Å²) < 4.78 is 33.7. The van der Waals surface area contributed by atoms with Crippen LogP contribution >= 0.6 is 23.2 Å². The number of carboxylic acids is 1. The molecule has 4 rings (SSSR count). The lowest BCUT2D eigenvalue weighted by atomic mass is 10.1. The number of anilines is 1. The Kier molecular flexibility index (Phi) is 6.93. The van der Waals surface area contributed by atoms with Gasteiger partial charge in [0.15, 0.2) is 0 Å². The number of nitrogens with two attached hydrogens (primary N) is 1. The number of carboxylic acid groups (broad SMARTS) is 1. The Labute approximate surface area is 185 Å². The van der Waals surface area contributed by atoms with Crippen molar-refractivity contribution in [3.63, 3.8) is 0 Å². The minimum Gasteiger partial charge on any atom is -0.475 e. The molecule has 1 fully saturated rings. The zero-order chi connectivity index (χ0) is 22.8. The Bertz CT molecular complexity index is 1080. The average molecular weight is 476 g/mol. The second-order valence-electron chi connectivity index (χ2n) is 6.76. The topological polar surface area (TPSA) is 97.3 Å². The average Bonchev–Trinajstić information content (AvgIpc) is 3.41. The van der Waals surface area contributed by atoms with Gasteiger partial charge >= 0.3 is 12.1 Å².